The molecule has 0 saturated heterocycles. The van der Waals surface area contributed by atoms with Crippen LogP contribution in [0.1, 0.15) is 12.0 Å². The molecule has 2 heteroatoms. The maximum Gasteiger partial charge on any atom is 0.0641 e. The predicted molar refractivity (Wildman–Crippen MR) is 49.1 cm³/mol. The van der Waals surface area contributed by atoms with Crippen molar-refractivity contribution in [2.75, 3.05) is 6.54 Å². The van der Waals surface area contributed by atoms with E-state index in [2.05, 4.69) is 4.99 Å². The zero-order chi connectivity index (χ0) is 8.65. The molecule has 0 fully saturated rings. The van der Waals surface area contributed by atoms with E-state index in [1.54, 1.807) is 6.21 Å². The van der Waals surface area contributed by atoms with E-state index in [0.717, 1.165) is 5.56 Å². The molecule has 0 spiro atoms. The van der Waals surface area contributed by atoms with Gasteiger partial charge in [-0.2, -0.15) is 5.26 Å². The van der Waals surface area contributed by atoms with Crippen molar-refractivity contribution in [1.82, 2.24) is 0 Å². The Kier molecular flexibility index (Phi) is 3.59. The number of aliphatic imine (C=N–C) groups is 1. The Labute approximate surface area is 72.2 Å². The minimum atomic E-state index is 0.489. The molecule has 60 valence electrons. The van der Waals surface area contributed by atoms with Gasteiger partial charge in [-0.25, -0.2) is 0 Å². The van der Waals surface area contributed by atoms with Crippen molar-refractivity contribution in [2.24, 2.45) is 4.99 Å². The SMILES string of the molecule is N#CCCN=Cc1ccccc1. The Bertz CT molecular complexity index is 282. The Morgan fingerprint density at radius 3 is 2.75 bits per heavy atom. The van der Waals surface area contributed by atoms with E-state index < -0.39 is 0 Å². The molecular formula is C10H10N2. The first-order valence-corrected chi connectivity index (χ1v) is 3.85. The molecule has 12 heavy (non-hydrogen) atoms. The summed E-state index contributed by atoms with van der Waals surface area (Å²) in [5, 5.41) is 8.24. The van der Waals surface area contributed by atoms with Gasteiger partial charge in [0.05, 0.1) is 19.0 Å². The number of hydrogen-bond donors (Lipinski definition) is 0. The highest BCUT2D eigenvalue weighted by Gasteiger charge is 1.82. The molecule has 0 heterocycles. The highest BCUT2D eigenvalue weighted by atomic mass is 14.7. The van der Waals surface area contributed by atoms with Gasteiger partial charge in [0, 0.05) is 6.21 Å². The Morgan fingerprint density at radius 2 is 2.08 bits per heavy atom. The maximum absolute atomic E-state index is 8.24. The van der Waals surface area contributed by atoms with E-state index in [9.17, 15) is 0 Å². The summed E-state index contributed by atoms with van der Waals surface area (Å²) in [7, 11) is 0. The molecule has 0 N–H and O–H groups in total. The van der Waals surface area contributed by atoms with Gasteiger partial charge in [-0.15, -0.1) is 0 Å². The number of nitrogens with zero attached hydrogens (tertiary/aromatic N) is 2. The molecule has 1 aromatic carbocycles. The van der Waals surface area contributed by atoms with Gasteiger partial charge in [0.1, 0.15) is 0 Å². The summed E-state index contributed by atoms with van der Waals surface area (Å²) in [6.45, 7) is 0.589. The normalized spacial score (nSPS) is 9.92. The standard InChI is InChI=1S/C10H10N2/c11-7-4-8-12-9-10-5-2-1-3-6-10/h1-3,5-6,9H,4,8H2. The lowest BCUT2D eigenvalue weighted by Gasteiger charge is -1.89. The molecule has 2 nitrogen and oxygen atoms in total. The van der Waals surface area contributed by atoms with Gasteiger partial charge in [-0.05, 0) is 5.56 Å². The average Bonchev–Trinajstić information content (AvgIpc) is 2.14. The first-order valence-electron chi connectivity index (χ1n) is 3.85. The van der Waals surface area contributed by atoms with Crippen LogP contribution < -0.4 is 0 Å². The van der Waals surface area contributed by atoms with Crippen molar-refractivity contribution in [3.8, 4) is 6.07 Å². The summed E-state index contributed by atoms with van der Waals surface area (Å²) < 4.78 is 0. The molecule has 0 amide bonds. The van der Waals surface area contributed by atoms with Crippen LogP contribution in [0.3, 0.4) is 0 Å². The second-order valence-corrected chi connectivity index (χ2v) is 2.35. The summed E-state index contributed by atoms with van der Waals surface area (Å²) in [5.41, 5.74) is 1.08. The molecule has 1 aromatic rings. The molecule has 0 aliphatic heterocycles. The molecular weight excluding hydrogens is 148 g/mol. The minimum Gasteiger partial charge on any atom is -0.291 e. The van der Waals surface area contributed by atoms with Crippen LogP contribution in [0.5, 0.6) is 0 Å². The van der Waals surface area contributed by atoms with Gasteiger partial charge in [0.25, 0.3) is 0 Å². The third-order valence-electron chi connectivity index (χ3n) is 1.39. The van der Waals surface area contributed by atoms with Gasteiger partial charge in [0.15, 0.2) is 0 Å². The maximum atomic E-state index is 8.24. The van der Waals surface area contributed by atoms with Gasteiger partial charge in [-0.3, -0.25) is 4.99 Å². The zero-order valence-electron chi connectivity index (χ0n) is 6.77. The molecule has 0 aliphatic carbocycles. The lowest BCUT2D eigenvalue weighted by Crippen LogP contribution is -1.82. The fourth-order valence-corrected chi connectivity index (χ4v) is 0.824. The summed E-state index contributed by atoms with van der Waals surface area (Å²) in [6.07, 6.45) is 2.28. The smallest absolute Gasteiger partial charge is 0.0641 e. The summed E-state index contributed by atoms with van der Waals surface area (Å²) >= 11 is 0. The fourth-order valence-electron chi connectivity index (χ4n) is 0.824. The first kappa shape index (κ1) is 8.48. The van der Waals surface area contributed by atoms with Crippen LogP contribution in [0.25, 0.3) is 0 Å². The van der Waals surface area contributed by atoms with E-state index in [4.69, 9.17) is 5.26 Å². The van der Waals surface area contributed by atoms with E-state index >= 15 is 0 Å². The predicted octanol–water partition coefficient (Wildman–Crippen LogP) is 2.02. The topological polar surface area (TPSA) is 36.1 Å². The van der Waals surface area contributed by atoms with Crippen LogP contribution in [0.15, 0.2) is 35.3 Å². The minimum absolute atomic E-state index is 0.489. The fraction of sp³-hybridized carbons (Fsp3) is 0.200. The van der Waals surface area contributed by atoms with Crippen molar-refractivity contribution in [3.05, 3.63) is 35.9 Å². The number of benzene rings is 1. The monoisotopic (exact) mass is 158 g/mol. The zero-order valence-corrected chi connectivity index (χ0v) is 6.77. The number of nitriles is 1. The summed E-state index contributed by atoms with van der Waals surface area (Å²) in [4.78, 5) is 4.08. The van der Waals surface area contributed by atoms with Gasteiger partial charge in [-0.1, -0.05) is 30.3 Å². The molecule has 0 aliphatic rings. The van der Waals surface area contributed by atoms with Crippen molar-refractivity contribution in [3.63, 3.8) is 0 Å². The van der Waals surface area contributed by atoms with Crippen LogP contribution in [0.4, 0.5) is 0 Å². The van der Waals surface area contributed by atoms with Crippen molar-refractivity contribution in [1.29, 1.82) is 5.26 Å². The third kappa shape index (κ3) is 2.98. The van der Waals surface area contributed by atoms with Crippen LogP contribution in [0.2, 0.25) is 0 Å². The lowest BCUT2D eigenvalue weighted by atomic mass is 10.2. The van der Waals surface area contributed by atoms with Crippen LogP contribution in [-0.4, -0.2) is 12.8 Å². The van der Waals surface area contributed by atoms with E-state index in [-0.39, 0.29) is 0 Å². The molecule has 0 unspecified atom stereocenters. The molecule has 0 bridgehead atoms. The van der Waals surface area contributed by atoms with Crippen molar-refractivity contribution >= 4 is 6.21 Å². The summed E-state index contributed by atoms with van der Waals surface area (Å²) in [6, 6.07) is 11.9. The van der Waals surface area contributed by atoms with Gasteiger partial charge >= 0.3 is 0 Å². The average molecular weight is 158 g/mol. The van der Waals surface area contributed by atoms with Gasteiger partial charge in [0.2, 0.25) is 0 Å². The van der Waals surface area contributed by atoms with Crippen molar-refractivity contribution < 1.29 is 0 Å². The second kappa shape index (κ2) is 5.09. The Morgan fingerprint density at radius 1 is 1.33 bits per heavy atom. The Balaban J connectivity index is 2.43. The largest absolute Gasteiger partial charge is 0.291 e. The highest BCUT2D eigenvalue weighted by Crippen LogP contribution is 1.93. The highest BCUT2D eigenvalue weighted by molar-refractivity contribution is 5.79. The molecule has 0 atom stereocenters. The number of hydrogen-bond acceptors (Lipinski definition) is 2. The molecule has 0 saturated carbocycles. The molecule has 0 aromatic heterocycles. The molecule has 0 radical (unpaired) electrons. The van der Waals surface area contributed by atoms with E-state index in [1.165, 1.54) is 0 Å². The Hall–Kier alpha value is -1.62. The van der Waals surface area contributed by atoms with Gasteiger partial charge < -0.3 is 0 Å². The lowest BCUT2D eigenvalue weighted by molar-refractivity contribution is 1.02. The first-order chi connectivity index (χ1) is 5.93. The van der Waals surface area contributed by atoms with E-state index in [0.29, 0.717) is 13.0 Å². The van der Waals surface area contributed by atoms with Crippen molar-refractivity contribution in [2.45, 2.75) is 6.42 Å². The van der Waals surface area contributed by atoms with Crippen LogP contribution in [-0.2, 0) is 0 Å². The quantitative estimate of drug-likeness (QED) is 0.489. The number of rotatable bonds is 3. The molecule has 1 rings (SSSR count). The second-order valence-electron chi connectivity index (χ2n) is 2.35. The van der Waals surface area contributed by atoms with Crippen LogP contribution in [0, 0.1) is 11.3 Å². The van der Waals surface area contributed by atoms with Crippen LogP contribution >= 0.6 is 0 Å². The summed E-state index contributed by atoms with van der Waals surface area (Å²) in [5.74, 6) is 0. The third-order valence-corrected chi connectivity index (χ3v) is 1.39. The van der Waals surface area contributed by atoms with E-state index in [1.807, 2.05) is 36.4 Å².